The Hall–Kier alpha value is -0.610. The van der Waals surface area contributed by atoms with Gasteiger partial charge in [0.15, 0.2) is 0 Å². The molecule has 0 amide bonds. The van der Waals surface area contributed by atoms with E-state index < -0.39 is 0 Å². The summed E-state index contributed by atoms with van der Waals surface area (Å²) in [6.07, 6.45) is 3.54. The minimum absolute atomic E-state index is 0.0968. The van der Waals surface area contributed by atoms with E-state index in [0.29, 0.717) is 25.7 Å². The van der Waals surface area contributed by atoms with Crippen LogP contribution < -0.4 is 5.32 Å². The topological polar surface area (TPSA) is 47.6 Å². The van der Waals surface area contributed by atoms with Crippen molar-refractivity contribution in [1.29, 1.82) is 0 Å². The highest BCUT2D eigenvalue weighted by Gasteiger charge is 2.18. The van der Waals surface area contributed by atoms with E-state index in [1.54, 1.807) is 7.11 Å². The lowest BCUT2D eigenvalue weighted by Gasteiger charge is -2.09. The Morgan fingerprint density at radius 3 is 3.00 bits per heavy atom. The van der Waals surface area contributed by atoms with Gasteiger partial charge in [0.1, 0.15) is 0 Å². The molecule has 1 heterocycles. The van der Waals surface area contributed by atoms with Gasteiger partial charge in [-0.05, 0) is 19.4 Å². The molecule has 0 aromatic carbocycles. The number of ether oxygens (including phenoxy) is 2. The average Bonchev–Trinajstić information content (AvgIpc) is 2.65. The summed E-state index contributed by atoms with van der Waals surface area (Å²) in [5.41, 5.74) is 0. The molecule has 1 rings (SSSR count). The molecule has 1 fully saturated rings. The Balaban J connectivity index is 1.98. The number of hydrogen-bond acceptors (Lipinski definition) is 4. The number of methoxy groups -OCH3 is 1. The molecule has 0 spiro atoms. The maximum absolute atomic E-state index is 11.3. The summed E-state index contributed by atoms with van der Waals surface area (Å²) in [5, 5.41) is 3.26. The van der Waals surface area contributed by atoms with Crippen LogP contribution in [0.1, 0.15) is 25.7 Å². The van der Waals surface area contributed by atoms with Crippen molar-refractivity contribution in [3.8, 4) is 0 Å². The van der Waals surface area contributed by atoms with Crippen molar-refractivity contribution < 1.29 is 14.3 Å². The van der Waals surface area contributed by atoms with E-state index in [2.05, 4.69) is 5.32 Å². The predicted molar refractivity (Wildman–Crippen MR) is 53.1 cm³/mol. The SMILES string of the molecule is COCCCOC(=O)CC1CCCN1. The molecule has 14 heavy (non-hydrogen) atoms. The second-order valence-electron chi connectivity index (χ2n) is 3.56. The van der Waals surface area contributed by atoms with Crippen LogP contribution in [0.3, 0.4) is 0 Å². The normalized spacial score (nSPS) is 21.1. The molecule has 0 aliphatic carbocycles. The molecule has 1 unspecified atom stereocenters. The van der Waals surface area contributed by atoms with Gasteiger partial charge >= 0.3 is 5.97 Å². The molecule has 1 saturated heterocycles. The standard InChI is InChI=1S/C10H19NO3/c1-13-6-3-7-14-10(12)8-9-4-2-5-11-9/h9,11H,2-8H2,1H3. The first-order valence-corrected chi connectivity index (χ1v) is 5.21. The summed E-state index contributed by atoms with van der Waals surface area (Å²) in [7, 11) is 1.64. The van der Waals surface area contributed by atoms with E-state index in [9.17, 15) is 4.79 Å². The Kier molecular flexibility index (Phi) is 5.56. The summed E-state index contributed by atoms with van der Waals surface area (Å²) >= 11 is 0. The first-order valence-electron chi connectivity index (χ1n) is 5.21. The van der Waals surface area contributed by atoms with Crippen molar-refractivity contribution in [3.05, 3.63) is 0 Å². The fourth-order valence-corrected chi connectivity index (χ4v) is 1.58. The summed E-state index contributed by atoms with van der Waals surface area (Å²) < 4.78 is 9.90. The first-order chi connectivity index (χ1) is 6.83. The van der Waals surface area contributed by atoms with E-state index in [1.165, 1.54) is 6.42 Å². The average molecular weight is 201 g/mol. The fraction of sp³-hybridized carbons (Fsp3) is 0.900. The van der Waals surface area contributed by atoms with E-state index in [4.69, 9.17) is 9.47 Å². The van der Waals surface area contributed by atoms with E-state index in [-0.39, 0.29) is 5.97 Å². The first kappa shape index (κ1) is 11.5. The number of carbonyl (C=O) groups excluding carboxylic acids is 1. The molecule has 0 radical (unpaired) electrons. The zero-order valence-electron chi connectivity index (χ0n) is 8.75. The van der Waals surface area contributed by atoms with Crippen LogP contribution in [0.2, 0.25) is 0 Å². The van der Waals surface area contributed by atoms with Gasteiger partial charge in [0, 0.05) is 26.2 Å². The lowest BCUT2D eigenvalue weighted by Crippen LogP contribution is -2.25. The van der Waals surface area contributed by atoms with Crippen LogP contribution in [-0.2, 0) is 14.3 Å². The summed E-state index contributed by atoms with van der Waals surface area (Å²) in [5.74, 6) is -0.0968. The second-order valence-corrected chi connectivity index (χ2v) is 3.56. The highest BCUT2D eigenvalue weighted by Crippen LogP contribution is 2.09. The third kappa shape index (κ3) is 4.58. The van der Waals surface area contributed by atoms with Gasteiger partial charge in [-0.2, -0.15) is 0 Å². The summed E-state index contributed by atoms with van der Waals surface area (Å²) in [6.45, 7) is 2.15. The minimum Gasteiger partial charge on any atom is -0.466 e. The van der Waals surface area contributed by atoms with Gasteiger partial charge in [-0.15, -0.1) is 0 Å². The third-order valence-corrected chi connectivity index (χ3v) is 2.33. The molecule has 0 aromatic rings. The van der Waals surface area contributed by atoms with Crippen molar-refractivity contribution in [1.82, 2.24) is 5.32 Å². The number of hydrogen-bond donors (Lipinski definition) is 1. The van der Waals surface area contributed by atoms with E-state index >= 15 is 0 Å². The molecule has 1 aliphatic rings. The quantitative estimate of drug-likeness (QED) is 0.508. The van der Waals surface area contributed by atoms with Crippen LogP contribution >= 0.6 is 0 Å². The third-order valence-electron chi connectivity index (χ3n) is 2.33. The Bertz CT molecular complexity index is 167. The van der Waals surface area contributed by atoms with Crippen molar-refractivity contribution in [2.24, 2.45) is 0 Å². The maximum atomic E-state index is 11.3. The minimum atomic E-state index is -0.0968. The lowest BCUT2D eigenvalue weighted by atomic mass is 10.2. The number of nitrogens with one attached hydrogen (secondary N) is 1. The van der Waals surface area contributed by atoms with Crippen LogP contribution in [0.4, 0.5) is 0 Å². The molecule has 4 heteroatoms. The van der Waals surface area contributed by atoms with Gasteiger partial charge < -0.3 is 14.8 Å². The number of carbonyl (C=O) groups is 1. The van der Waals surface area contributed by atoms with Gasteiger partial charge in [0.05, 0.1) is 13.0 Å². The van der Waals surface area contributed by atoms with Gasteiger partial charge in [-0.25, -0.2) is 0 Å². The Morgan fingerprint density at radius 2 is 2.36 bits per heavy atom. The molecular weight excluding hydrogens is 182 g/mol. The van der Waals surface area contributed by atoms with Gasteiger partial charge in [0.2, 0.25) is 0 Å². The molecule has 0 saturated carbocycles. The van der Waals surface area contributed by atoms with Crippen LogP contribution in [0.15, 0.2) is 0 Å². The lowest BCUT2D eigenvalue weighted by molar-refractivity contribution is -0.144. The maximum Gasteiger partial charge on any atom is 0.307 e. The number of esters is 1. The van der Waals surface area contributed by atoms with Crippen LogP contribution in [-0.4, -0.2) is 38.9 Å². The highest BCUT2D eigenvalue weighted by atomic mass is 16.5. The van der Waals surface area contributed by atoms with Gasteiger partial charge in [0.25, 0.3) is 0 Å². The van der Waals surface area contributed by atoms with Crippen LogP contribution in [0, 0.1) is 0 Å². The predicted octanol–water partition coefficient (Wildman–Crippen LogP) is 0.708. The van der Waals surface area contributed by atoms with Crippen molar-refractivity contribution in [2.45, 2.75) is 31.7 Å². The molecule has 0 aromatic heterocycles. The molecule has 0 bridgehead atoms. The van der Waals surface area contributed by atoms with Crippen molar-refractivity contribution in [2.75, 3.05) is 26.9 Å². The monoisotopic (exact) mass is 201 g/mol. The summed E-state index contributed by atoms with van der Waals surface area (Å²) in [4.78, 5) is 11.3. The Labute approximate surface area is 85.0 Å². The summed E-state index contributed by atoms with van der Waals surface area (Å²) in [6, 6.07) is 0.338. The molecule has 1 atom stereocenters. The van der Waals surface area contributed by atoms with Gasteiger partial charge in [-0.1, -0.05) is 0 Å². The zero-order chi connectivity index (χ0) is 10.2. The molecule has 1 aliphatic heterocycles. The molecule has 82 valence electrons. The Morgan fingerprint density at radius 1 is 1.50 bits per heavy atom. The highest BCUT2D eigenvalue weighted by molar-refractivity contribution is 5.70. The zero-order valence-corrected chi connectivity index (χ0v) is 8.75. The molecular formula is C10H19NO3. The fourth-order valence-electron chi connectivity index (χ4n) is 1.58. The van der Waals surface area contributed by atoms with Crippen LogP contribution in [0.5, 0.6) is 0 Å². The smallest absolute Gasteiger partial charge is 0.307 e. The van der Waals surface area contributed by atoms with Crippen LogP contribution in [0.25, 0.3) is 0 Å². The molecule has 4 nitrogen and oxygen atoms in total. The molecule has 1 N–H and O–H groups in total. The van der Waals surface area contributed by atoms with Crippen molar-refractivity contribution in [3.63, 3.8) is 0 Å². The number of rotatable bonds is 6. The van der Waals surface area contributed by atoms with E-state index in [1.807, 2.05) is 0 Å². The van der Waals surface area contributed by atoms with Crippen molar-refractivity contribution >= 4 is 5.97 Å². The second kappa shape index (κ2) is 6.79. The van der Waals surface area contributed by atoms with Gasteiger partial charge in [-0.3, -0.25) is 4.79 Å². The largest absolute Gasteiger partial charge is 0.466 e. The van der Waals surface area contributed by atoms with E-state index in [0.717, 1.165) is 19.4 Å².